The van der Waals surface area contributed by atoms with Crippen LogP contribution in [0.5, 0.6) is 5.88 Å². The number of aromatic hydroxyl groups is 1. The Kier molecular flexibility index (Phi) is 3.73. The van der Waals surface area contributed by atoms with Crippen LogP contribution in [0.1, 0.15) is 13.8 Å². The number of rotatable bonds is 5. The van der Waals surface area contributed by atoms with Gasteiger partial charge in [-0.3, -0.25) is 14.5 Å². The maximum atomic E-state index is 12.1. The Balaban J connectivity index is 3.14. The Morgan fingerprint density at radius 3 is 2.13 bits per heavy atom. The summed E-state index contributed by atoms with van der Waals surface area (Å²) in [6.45, 7) is 3.55. The van der Waals surface area contributed by atoms with E-state index in [1.54, 1.807) is 13.8 Å². The molecule has 0 saturated carbocycles. The number of hydrogen-bond donors (Lipinski definition) is 3. The molecule has 0 aliphatic carbocycles. The summed E-state index contributed by atoms with van der Waals surface area (Å²) in [5, 5.41) is 9.30. The third-order valence-corrected chi connectivity index (χ3v) is 3.63. The van der Waals surface area contributed by atoms with Crippen LogP contribution >= 0.6 is 7.60 Å². The van der Waals surface area contributed by atoms with Crippen molar-refractivity contribution in [1.82, 2.24) is 9.97 Å². The second-order valence-electron chi connectivity index (χ2n) is 2.61. The summed E-state index contributed by atoms with van der Waals surface area (Å²) in [5.41, 5.74) is -0.904. The fourth-order valence-electron chi connectivity index (χ4n) is 1.07. The number of aromatic nitrogens is 2. The maximum absolute atomic E-state index is 12.1. The number of hydrogen-bond acceptors (Lipinski definition) is 5. The minimum absolute atomic E-state index is 0.143. The van der Waals surface area contributed by atoms with E-state index in [1.165, 1.54) is 0 Å². The number of nitrogens with one attached hydrogen (secondary N) is 2. The molecule has 0 aromatic carbocycles. The molecule has 7 nitrogen and oxygen atoms in total. The first-order valence-electron chi connectivity index (χ1n) is 4.44. The second kappa shape index (κ2) is 4.65. The highest BCUT2D eigenvalue weighted by Crippen LogP contribution is 2.47. The average molecular weight is 236 g/mol. The molecule has 0 spiro atoms. The van der Waals surface area contributed by atoms with Gasteiger partial charge in [0.15, 0.2) is 5.44 Å². The van der Waals surface area contributed by atoms with Gasteiger partial charge >= 0.3 is 13.3 Å². The SMILES string of the molecule is CCOP(=O)(OCC)c1[nH]c(=O)[nH]c1O. The van der Waals surface area contributed by atoms with Crippen molar-refractivity contribution in [2.75, 3.05) is 13.2 Å². The fourth-order valence-corrected chi connectivity index (χ4v) is 2.64. The molecule has 0 saturated heterocycles. The van der Waals surface area contributed by atoms with E-state index in [0.29, 0.717) is 0 Å². The molecule has 0 aliphatic rings. The van der Waals surface area contributed by atoms with Gasteiger partial charge in [0.2, 0.25) is 5.88 Å². The summed E-state index contributed by atoms with van der Waals surface area (Å²) in [6.07, 6.45) is 0. The van der Waals surface area contributed by atoms with Crippen LogP contribution in [-0.2, 0) is 13.6 Å². The molecule has 1 heterocycles. The van der Waals surface area contributed by atoms with Crippen molar-refractivity contribution < 1.29 is 18.7 Å². The summed E-state index contributed by atoms with van der Waals surface area (Å²) in [7, 11) is -3.63. The Hall–Kier alpha value is -1.04. The molecule has 1 aromatic heterocycles. The normalized spacial score (nSPS) is 11.9. The third-order valence-electron chi connectivity index (χ3n) is 1.56. The zero-order chi connectivity index (χ0) is 11.5. The van der Waals surface area contributed by atoms with Crippen LogP contribution < -0.4 is 11.1 Å². The molecule has 0 amide bonds. The summed E-state index contributed by atoms with van der Waals surface area (Å²) in [6, 6.07) is 0. The van der Waals surface area contributed by atoms with Crippen molar-refractivity contribution in [3.05, 3.63) is 10.5 Å². The molecule has 3 N–H and O–H groups in total. The molecule has 0 bridgehead atoms. The minimum atomic E-state index is -3.63. The van der Waals surface area contributed by atoms with Crippen LogP contribution in [0.2, 0.25) is 0 Å². The molecule has 86 valence electrons. The summed E-state index contributed by atoms with van der Waals surface area (Å²) in [4.78, 5) is 15.1. The molecule has 0 unspecified atom stereocenters. The van der Waals surface area contributed by atoms with Crippen LogP contribution in [0.4, 0.5) is 0 Å². The summed E-state index contributed by atoms with van der Waals surface area (Å²) < 4.78 is 21.9. The standard InChI is InChI=1S/C7H13N2O5P/c1-3-13-15(12,14-4-2)6-5(10)8-7(11)9-6/h10H,3-4H2,1-2H3,(H2,8,9,11). The molecule has 0 atom stereocenters. The maximum Gasteiger partial charge on any atom is 0.383 e. The van der Waals surface area contributed by atoms with Gasteiger partial charge in [0.25, 0.3) is 0 Å². The average Bonchev–Trinajstić information content (AvgIpc) is 2.46. The van der Waals surface area contributed by atoms with E-state index in [1.807, 2.05) is 4.98 Å². The summed E-state index contributed by atoms with van der Waals surface area (Å²) >= 11 is 0. The number of aromatic amines is 2. The Labute approximate surface area is 86.0 Å². The molecule has 1 rings (SSSR count). The molecule has 0 fully saturated rings. The highest BCUT2D eigenvalue weighted by Gasteiger charge is 2.32. The van der Waals surface area contributed by atoms with Crippen LogP contribution in [-0.4, -0.2) is 28.3 Å². The highest BCUT2D eigenvalue weighted by atomic mass is 31.2. The number of H-pyrrole nitrogens is 2. The molecule has 15 heavy (non-hydrogen) atoms. The molecule has 0 radical (unpaired) electrons. The first-order chi connectivity index (χ1) is 7.03. The van der Waals surface area contributed by atoms with Gasteiger partial charge in [-0.15, -0.1) is 0 Å². The van der Waals surface area contributed by atoms with Crippen LogP contribution in [0.25, 0.3) is 0 Å². The van der Waals surface area contributed by atoms with Gasteiger partial charge < -0.3 is 14.2 Å². The van der Waals surface area contributed by atoms with Gasteiger partial charge in [-0.1, -0.05) is 0 Å². The molecule has 1 aromatic rings. The van der Waals surface area contributed by atoms with E-state index in [0.717, 1.165) is 0 Å². The van der Waals surface area contributed by atoms with Crippen molar-refractivity contribution >= 4 is 13.0 Å². The van der Waals surface area contributed by atoms with E-state index in [-0.39, 0.29) is 18.6 Å². The van der Waals surface area contributed by atoms with Crippen molar-refractivity contribution in [3.8, 4) is 5.88 Å². The first kappa shape index (κ1) is 12.0. The monoisotopic (exact) mass is 236 g/mol. The zero-order valence-corrected chi connectivity index (χ0v) is 9.34. The Bertz CT molecular complexity index is 413. The lowest BCUT2D eigenvalue weighted by molar-refractivity contribution is 0.228. The van der Waals surface area contributed by atoms with Gasteiger partial charge in [0.1, 0.15) is 0 Å². The highest BCUT2D eigenvalue weighted by molar-refractivity contribution is 7.62. The van der Waals surface area contributed by atoms with E-state index in [9.17, 15) is 14.5 Å². The fraction of sp³-hybridized carbons (Fsp3) is 0.571. The van der Waals surface area contributed by atoms with Crippen molar-refractivity contribution in [3.63, 3.8) is 0 Å². The predicted octanol–water partition coefficient (Wildman–Crippen LogP) is 0.300. The van der Waals surface area contributed by atoms with Gasteiger partial charge in [0, 0.05) is 0 Å². The topological polar surface area (TPSA) is 104 Å². The van der Waals surface area contributed by atoms with Crippen molar-refractivity contribution in [1.29, 1.82) is 0 Å². The van der Waals surface area contributed by atoms with E-state index in [2.05, 4.69) is 4.98 Å². The smallest absolute Gasteiger partial charge is 0.383 e. The summed E-state index contributed by atoms with van der Waals surface area (Å²) in [5.74, 6) is -0.523. The van der Waals surface area contributed by atoms with Crippen LogP contribution in [0, 0.1) is 0 Å². The molecular formula is C7H13N2O5P. The van der Waals surface area contributed by atoms with E-state index >= 15 is 0 Å². The number of imidazole rings is 1. The van der Waals surface area contributed by atoms with E-state index < -0.39 is 19.2 Å². The lowest BCUT2D eigenvalue weighted by Crippen LogP contribution is -2.15. The van der Waals surface area contributed by atoms with Crippen LogP contribution in [0.3, 0.4) is 0 Å². The molecule has 8 heteroatoms. The van der Waals surface area contributed by atoms with E-state index in [4.69, 9.17) is 9.05 Å². The molecule has 0 aliphatic heterocycles. The van der Waals surface area contributed by atoms with Crippen LogP contribution in [0.15, 0.2) is 4.79 Å². The lowest BCUT2D eigenvalue weighted by Gasteiger charge is -2.14. The zero-order valence-electron chi connectivity index (χ0n) is 8.44. The molecular weight excluding hydrogens is 223 g/mol. The van der Waals surface area contributed by atoms with Gasteiger partial charge in [-0.2, -0.15) is 0 Å². The minimum Gasteiger partial charge on any atom is -0.493 e. The van der Waals surface area contributed by atoms with Gasteiger partial charge in [-0.05, 0) is 13.8 Å². The van der Waals surface area contributed by atoms with Gasteiger partial charge in [0.05, 0.1) is 13.2 Å². The van der Waals surface area contributed by atoms with Crippen molar-refractivity contribution in [2.45, 2.75) is 13.8 Å². The third kappa shape index (κ3) is 2.50. The Morgan fingerprint density at radius 2 is 1.80 bits per heavy atom. The van der Waals surface area contributed by atoms with Gasteiger partial charge in [-0.25, -0.2) is 4.79 Å². The lowest BCUT2D eigenvalue weighted by atomic mass is 10.9. The van der Waals surface area contributed by atoms with Crippen molar-refractivity contribution in [2.24, 2.45) is 0 Å². The largest absolute Gasteiger partial charge is 0.493 e. The quantitative estimate of drug-likeness (QED) is 0.638. The Morgan fingerprint density at radius 1 is 1.27 bits per heavy atom. The second-order valence-corrected chi connectivity index (χ2v) is 4.57. The first-order valence-corrected chi connectivity index (χ1v) is 5.98. The predicted molar refractivity (Wildman–Crippen MR) is 53.6 cm³/mol.